The second-order valence-corrected chi connectivity index (χ2v) is 10.8. The number of oxazole rings is 1. The third-order valence-corrected chi connectivity index (χ3v) is 7.15. The van der Waals surface area contributed by atoms with Crippen molar-refractivity contribution in [2.45, 2.75) is 40.3 Å². The number of nitrogens with zero attached hydrogens (tertiary/aromatic N) is 5. The van der Waals surface area contributed by atoms with E-state index in [1.165, 1.54) is 23.1 Å². The highest BCUT2D eigenvalue weighted by atomic mass is 16.5. The topological polar surface area (TPSA) is 85.5 Å². The van der Waals surface area contributed by atoms with Crippen LogP contribution in [0.5, 0.6) is 0 Å². The maximum Gasteiger partial charge on any atom is 0.275 e. The summed E-state index contributed by atoms with van der Waals surface area (Å²) in [5.74, 6) is 0.989. The maximum absolute atomic E-state index is 13.1. The number of carbonyl (C=O) groups excluding carboxylic acids is 1. The Morgan fingerprint density at radius 2 is 1.65 bits per heavy atom. The zero-order valence-corrected chi connectivity index (χ0v) is 22.9. The van der Waals surface area contributed by atoms with Crippen LogP contribution in [0.2, 0.25) is 0 Å². The molecule has 1 amide bonds. The highest BCUT2D eigenvalue weighted by Crippen LogP contribution is 2.26. The van der Waals surface area contributed by atoms with Crippen LogP contribution >= 0.6 is 0 Å². The SMILES string of the molecule is Cc1cccc(C)c1N1CCN(C(=O)c2coc(CN3CCN(CC(O)COCC(C)C)CC3)n2)CC1. The smallest absolute Gasteiger partial charge is 0.275 e. The van der Waals surface area contributed by atoms with Crippen LogP contribution < -0.4 is 4.90 Å². The van der Waals surface area contributed by atoms with Gasteiger partial charge in [0.1, 0.15) is 6.26 Å². The van der Waals surface area contributed by atoms with Crippen LogP contribution in [-0.4, -0.2) is 109 Å². The van der Waals surface area contributed by atoms with Crippen molar-refractivity contribution in [3.05, 3.63) is 47.2 Å². The molecule has 0 saturated carbocycles. The van der Waals surface area contributed by atoms with Crippen molar-refractivity contribution in [3.63, 3.8) is 0 Å². The molecule has 0 aliphatic carbocycles. The van der Waals surface area contributed by atoms with Gasteiger partial charge in [-0.25, -0.2) is 4.98 Å². The number of hydrogen-bond donors (Lipinski definition) is 1. The second kappa shape index (κ2) is 12.9. The summed E-state index contributed by atoms with van der Waals surface area (Å²) in [6, 6.07) is 6.37. The average Bonchev–Trinajstić information content (AvgIpc) is 3.33. The Kier molecular flexibility index (Phi) is 9.59. The molecule has 1 unspecified atom stereocenters. The summed E-state index contributed by atoms with van der Waals surface area (Å²) in [5.41, 5.74) is 4.22. The number of amides is 1. The van der Waals surface area contributed by atoms with E-state index in [4.69, 9.17) is 9.15 Å². The molecule has 0 spiro atoms. The molecule has 2 saturated heterocycles. The van der Waals surface area contributed by atoms with E-state index in [-0.39, 0.29) is 5.91 Å². The summed E-state index contributed by atoms with van der Waals surface area (Å²) in [4.78, 5) is 26.4. The highest BCUT2D eigenvalue weighted by Gasteiger charge is 2.26. The number of anilines is 1. The van der Waals surface area contributed by atoms with Crippen molar-refractivity contribution < 1.29 is 19.1 Å². The molecule has 1 aromatic heterocycles. The van der Waals surface area contributed by atoms with Crippen molar-refractivity contribution in [1.29, 1.82) is 0 Å². The molecule has 2 aliphatic heterocycles. The number of aliphatic hydroxyl groups is 1. The molecular weight excluding hydrogens is 470 g/mol. The van der Waals surface area contributed by atoms with Gasteiger partial charge >= 0.3 is 0 Å². The fraction of sp³-hybridized carbons (Fsp3) is 0.643. The number of benzene rings is 1. The first-order chi connectivity index (χ1) is 17.8. The molecule has 2 aliphatic rings. The number of para-hydroxylation sites is 1. The Morgan fingerprint density at radius 1 is 1.00 bits per heavy atom. The predicted molar refractivity (Wildman–Crippen MR) is 144 cm³/mol. The lowest BCUT2D eigenvalue weighted by atomic mass is 10.1. The van der Waals surface area contributed by atoms with E-state index >= 15 is 0 Å². The van der Waals surface area contributed by atoms with Gasteiger partial charge < -0.3 is 24.1 Å². The number of aliphatic hydroxyl groups excluding tert-OH is 1. The predicted octanol–water partition coefficient (Wildman–Crippen LogP) is 2.40. The van der Waals surface area contributed by atoms with Gasteiger partial charge in [0.05, 0.1) is 19.3 Å². The van der Waals surface area contributed by atoms with Crippen LogP contribution in [0.1, 0.15) is 41.4 Å². The van der Waals surface area contributed by atoms with E-state index in [2.05, 4.69) is 65.6 Å². The largest absolute Gasteiger partial charge is 0.447 e. The van der Waals surface area contributed by atoms with Gasteiger partial charge in [-0.3, -0.25) is 14.6 Å². The molecule has 4 rings (SSSR count). The standard InChI is InChI=1S/C28H43N5O4/c1-21(2)18-36-19-24(34)16-30-8-10-31(11-9-30)17-26-29-25(20-37-26)28(35)33-14-12-32(13-15-33)27-22(3)6-5-7-23(27)4/h5-7,20-21,24,34H,8-19H2,1-4H3. The molecule has 1 aromatic carbocycles. The normalized spacial score (nSPS) is 18.5. The number of aryl methyl sites for hydroxylation is 2. The quantitative estimate of drug-likeness (QED) is 0.519. The molecule has 1 N–H and O–H groups in total. The molecule has 37 heavy (non-hydrogen) atoms. The van der Waals surface area contributed by atoms with Gasteiger partial charge in [0, 0.05) is 71.2 Å². The molecular formula is C28H43N5O4. The van der Waals surface area contributed by atoms with Crippen molar-refractivity contribution in [2.75, 3.05) is 77.0 Å². The molecule has 0 bridgehead atoms. The van der Waals surface area contributed by atoms with Crippen molar-refractivity contribution in [3.8, 4) is 0 Å². The summed E-state index contributed by atoms with van der Waals surface area (Å²) < 4.78 is 11.2. The second-order valence-electron chi connectivity index (χ2n) is 10.8. The Hall–Kier alpha value is -2.46. The van der Waals surface area contributed by atoms with E-state index in [0.717, 1.165) is 39.3 Å². The van der Waals surface area contributed by atoms with E-state index < -0.39 is 6.10 Å². The minimum Gasteiger partial charge on any atom is -0.447 e. The number of hydrogen-bond acceptors (Lipinski definition) is 8. The van der Waals surface area contributed by atoms with Crippen LogP contribution in [0.25, 0.3) is 0 Å². The molecule has 0 radical (unpaired) electrons. The molecule has 9 heteroatoms. The first kappa shape index (κ1) is 27.6. The van der Waals surface area contributed by atoms with Crippen LogP contribution in [0.3, 0.4) is 0 Å². The zero-order chi connectivity index (χ0) is 26.4. The number of carbonyl (C=O) groups is 1. The van der Waals surface area contributed by atoms with Gasteiger partial charge in [-0.15, -0.1) is 0 Å². The summed E-state index contributed by atoms with van der Waals surface area (Å²) >= 11 is 0. The maximum atomic E-state index is 13.1. The third-order valence-electron chi connectivity index (χ3n) is 7.15. The summed E-state index contributed by atoms with van der Waals surface area (Å²) in [6.07, 6.45) is 1.03. The fourth-order valence-corrected chi connectivity index (χ4v) is 5.19. The Morgan fingerprint density at radius 3 is 2.30 bits per heavy atom. The van der Waals surface area contributed by atoms with Crippen LogP contribution in [0, 0.1) is 19.8 Å². The van der Waals surface area contributed by atoms with Gasteiger partial charge in [0.2, 0.25) is 5.89 Å². The number of piperazine rings is 2. The minimum atomic E-state index is -0.465. The molecule has 9 nitrogen and oxygen atoms in total. The molecule has 2 aromatic rings. The number of aromatic nitrogens is 1. The summed E-state index contributed by atoms with van der Waals surface area (Å²) in [6.45, 7) is 17.2. The monoisotopic (exact) mass is 513 g/mol. The summed E-state index contributed by atoms with van der Waals surface area (Å²) in [7, 11) is 0. The minimum absolute atomic E-state index is 0.0605. The number of β-amino-alcohol motifs (C(OH)–C–C–N with tert-alkyl or cyclic N) is 1. The van der Waals surface area contributed by atoms with Crippen LogP contribution in [0.15, 0.2) is 28.9 Å². The molecule has 204 valence electrons. The summed E-state index contributed by atoms with van der Waals surface area (Å²) in [5, 5.41) is 10.2. The van der Waals surface area contributed by atoms with Gasteiger partial charge in [0.25, 0.3) is 5.91 Å². The molecule has 3 heterocycles. The van der Waals surface area contributed by atoms with E-state index in [9.17, 15) is 9.90 Å². The average molecular weight is 514 g/mol. The highest BCUT2D eigenvalue weighted by molar-refractivity contribution is 5.92. The van der Waals surface area contributed by atoms with Crippen LogP contribution in [0.4, 0.5) is 5.69 Å². The van der Waals surface area contributed by atoms with E-state index in [0.29, 0.717) is 56.9 Å². The van der Waals surface area contributed by atoms with Crippen molar-refractivity contribution in [1.82, 2.24) is 19.7 Å². The lowest BCUT2D eigenvalue weighted by Gasteiger charge is -2.37. The fourth-order valence-electron chi connectivity index (χ4n) is 5.19. The van der Waals surface area contributed by atoms with Crippen LogP contribution in [-0.2, 0) is 11.3 Å². The van der Waals surface area contributed by atoms with Gasteiger partial charge in [0.15, 0.2) is 5.69 Å². The number of rotatable bonds is 10. The third kappa shape index (κ3) is 7.54. The van der Waals surface area contributed by atoms with Crippen molar-refractivity contribution in [2.24, 2.45) is 5.92 Å². The molecule has 2 fully saturated rings. The van der Waals surface area contributed by atoms with Gasteiger partial charge in [-0.2, -0.15) is 0 Å². The lowest BCUT2D eigenvalue weighted by molar-refractivity contribution is -0.000850. The van der Waals surface area contributed by atoms with E-state index in [1.54, 1.807) is 0 Å². The first-order valence-corrected chi connectivity index (χ1v) is 13.6. The first-order valence-electron chi connectivity index (χ1n) is 13.6. The van der Waals surface area contributed by atoms with E-state index in [1.807, 2.05) is 4.90 Å². The Balaban J connectivity index is 1.20. The van der Waals surface area contributed by atoms with Gasteiger partial charge in [-0.05, 0) is 30.9 Å². The van der Waals surface area contributed by atoms with Gasteiger partial charge in [-0.1, -0.05) is 32.0 Å². The lowest BCUT2D eigenvalue weighted by Crippen LogP contribution is -2.49. The molecule has 1 atom stereocenters. The Bertz CT molecular complexity index is 990. The number of ether oxygens (including phenoxy) is 1. The van der Waals surface area contributed by atoms with Crippen molar-refractivity contribution >= 4 is 11.6 Å². The Labute approximate surface area is 221 Å². The zero-order valence-electron chi connectivity index (χ0n) is 22.9.